The maximum atomic E-state index is 14.2. The van der Waals surface area contributed by atoms with E-state index in [0.29, 0.717) is 0 Å². The summed E-state index contributed by atoms with van der Waals surface area (Å²) in [6.07, 6.45) is 0.0865. The molecule has 6 nitrogen and oxygen atoms in total. The molecule has 0 atom stereocenters. The van der Waals surface area contributed by atoms with Crippen LogP contribution in [0.3, 0.4) is 0 Å². The average molecular weight is 543 g/mol. The molecule has 0 saturated heterocycles. The summed E-state index contributed by atoms with van der Waals surface area (Å²) in [6, 6.07) is 21.6. The standard InChI is InChI=1S/C27H26O6S3/c1-3-5-21-27(35(30,31)25-17-11-7-12-18-25,36(32,33)26-19-13-8-14-20-26)22-23(4-2)34(28,29)24-15-9-6-10-16-24/h3,6-20H,1-2,5,21-22H2. The van der Waals surface area contributed by atoms with E-state index in [1.165, 1.54) is 78.9 Å². The van der Waals surface area contributed by atoms with Gasteiger partial charge in [0.15, 0.2) is 23.8 Å². The second-order valence-corrected chi connectivity index (χ2v) is 14.7. The van der Waals surface area contributed by atoms with Gasteiger partial charge in [0.1, 0.15) is 0 Å². The minimum Gasteiger partial charge on any atom is -0.222 e. The van der Waals surface area contributed by atoms with Crippen molar-refractivity contribution in [2.45, 2.75) is 38.0 Å². The Morgan fingerprint density at radius 3 is 1.44 bits per heavy atom. The van der Waals surface area contributed by atoms with Crippen LogP contribution in [0.1, 0.15) is 19.3 Å². The molecule has 188 valence electrons. The van der Waals surface area contributed by atoms with Gasteiger partial charge in [0.05, 0.1) is 19.6 Å². The van der Waals surface area contributed by atoms with Crippen molar-refractivity contribution in [1.82, 2.24) is 0 Å². The Morgan fingerprint density at radius 1 is 0.694 bits per heavy atom. The Hall–Kier alpha value is -3.23. The van der Waals surface area contributed by atoms with Crippen LogP contribution in [0.5, 0.6) is 0 Å². The van der Waals surface area contributed by atoms with Gasteiger partial charge < -0.3 is 0 Å². The van der Waals surface area contributed by atoms with Crippen molar-refractivity contribution in [2.24, 2.45) is 0 Å². The van der Waals surface area contributed by atoms with Crippen molar-refractivity contribution in [3.05, 3.63) is 121 Å². The smallest absolute Gasteiger partial charge is 0.210 e. The topological polar surface area (TPSA) is 102 Å². The maximum absolute atomic E-state index is 14.2. The zero-order valence-corrected chi connectivity index (χ0v) is 21.9. The summed E-state index contributed by atoms with van der Waals surface area (Å²) in [7, 11) is -13.7. The molecule has 0 spiro atoms. The fraction of sp³-hybridized carbons (Fsp3) is 0.148. The number of hydrogen-bond acceptors (Lipinski definition) is 6. The van der Waals surface area contributed by atoms with Crippen LogP contribution in [0.4, 0.5) is 0 Å². The number of sulfone groups is 3. The van der Waals surface area contributed by atoms with Crippen molar-refractivity contribution >= 4 is 29.5 Å². The van der Waals surface area contributed by atoms with Crippen LogP contribution >= 0.6 is 0 Å². The fourth-order valence-corrected chi connectivity index (χ4v) is 10.6. The normalized spacial score (nSPS) is 12.4. The van der Waals surface area contributed by atoms with E-state index >= 15 is 0 Å². The molecule has 0 N–H and O–H groups in total. The van der Waals surface area contributed by atoms with Gasteiger partial charge in [0.25, 0.3) is 0 Å². The van der Waals surface area contributed by atoms with Gasteiger partial charge in [-0.25, -0.2) is 25.3 Å². The maximum Gasteiger partial charge on any atom is 0.210 e. The third-order valence-corrected chi connectivity index (χ3v) is 13.4. The van der Waals surface area contributed by atoms with E-state index in [-0.39, 0.29) is 21.1 Å². The van der Waals surface area contributed by atoms with Gasteiger partial charge in [-0.05, 0) is 49.2 Å². The highest BCUT2D eigenvalue weighted by atomic mass is 32.3. The van der Waals surface area contributed by atoms with Gasteiger partial charge in [-0.15, -0.1) is 12.3 Å². The Kier molecular flexibility index (Phi) is 8.21. The third kappa shape index (κ3) is 4.88. The Bertz CT molecular complexity index is 1520. The summed E-state index contributed by atoms with van der Waals surface area (Å²) < 4.78 is 81.3. The van der Waals surface area contributed by atoms with Gasteiger partial charge in [-0.2, -0.15) is 0 Å². The first kappa shape index (κ1) is 27.4. The van der Waals surface area contributed by atoms with E-state index in [1.807, 2.05) is 0 Å². The molecule has 9 heteroatoms. The molecule has 0 heterocycles. The number of rotatable bonds is 11. The molecule has 3 aromatic rings. The van der Waals surface area contributed by atoms with Gasteiger partial charge in [-0.1, -0.05) is 67.3 Å². The summed E-state index contributed by atoms with van der Waals surface area (Å²) in [5.74, 6) is 0. The van der Waals surface area contributed by atoms with Crippen LogP contribution in [0.15, 0.2) is 136 Å². The minimum absolute atomic E-state index is 0.00602. The van der Waals surface area contributed by atoms with Crippen LogP contribution in [0, 0.1) is 0 Å². The van der Waals surface area contributed by atoms with E-state index in [9.17, 15) is 25.3 Å². The Morgan fingerprint density at radius 2 is 1.08 bits per heavy atom. The molecule has 0 aliphatic heterocycles. The lowest BCUT2D eigenvalue weighted by atomic mass is 10.1. The first-order valence-electron chi connectivity index (χ1n) is 10.9. The third-order valence-electron chi connectivity index (χ3n) is 5.82. The summed E-state index contributed by atoms with van der Waals surface area (Å²) in [5, 5.41) is 0. The van der Waals surface area contributed by atoms with Crippen LogP contribution in [0.25, 0.3) is 0 Å². The van der Waals surface area contributed by atoms with Gasteiger partial charge >= 0.3 is 0 Å². The predicted molar refractivity (Wildman–Crippen MR) is 140 cm³/mol. The first-order chi connectivity index (χ1) is 17.0. The molecule has 0 bridgehead atoms. The first-order valence-corrected chi connectivity index (χ1v) is 15.4. The molecular formula is C27H26O6S3. The largest absolute Gasteiger partial charge is 0.222 e. The van der Waals surface area contributed by atoms with Crippen LogP contribution in [-0.2, 0) is 29.5 Å². The average Bonchev–Trinajstić information content (AvgIpc) is 2.90. The van der Waals surface area contributed by atoms with Gasteiger partial charge in [0, 0.05) is 6.42 Å². The lowest BCUT2D eigenvalue weighted by Gasteiger charge is -2.33. The highest BCUT2D eigenvalue weighted by Gasteiger charge is 2.57. The number of benzene rings is 3. The van der Waals surface area contributed by atoms with Crippen molar-refractivity contribution in [3.8, 4) is 0 Å². The van der Waals surface area contributed by atoms with E-state index in [1.54, 1.807) is 18.2 Å². The molecular weight excluding hydrogens is 516 g/mol. The Labute approximate surface area is 213 Å². The SMILES string of the molecule is C=C=C(CC(CCC=C)(S(=O)(=O)c1ccccc1)S(=O)(=O)c1ccccc1)S(=O)(=O)c1ccccc1. The van der Waals surface area contributed by atoms with Crippen molar-refractivity contribution in [1.29, 1.82) is 0 Å². The molecule has 0 radical (unpaired) electrons. The summed E-state index contributed by atoms with van der Waals surface area (Å²) in [5.41, 5.74) is 2.34. The lowest BCUT2D eigenvalue weighted by Crippen LogP contribution is -2.47. The van der Waals surface area contributed by atoms with Crippen molar-refractivity contribution < 1.29 is 25.3 Å². The van der Waals surface area contributed by atoms with Crippen LogP contribution in [-0.4, -0.2) is 29.3 Å². The highest BCUT2D eigenvalue weighted by molar-refractivity contribution is 8.10. The number of hydrogen-bond donors (Lipinski definition) is 0. The van der Waals surface area contributed by atoms with E-state index < -0.39 is 51.3 Å². The summed E-state index contributed by atoms with van der Waals surface area (Å²) >= 11 is 0. The summed E-state index contributed by atoms with van der Waals surface area (Å²) in [4.78, 5) is -1.14. The molecule has 36 heavy (non-hydrogen) atoms. The van der Waals surface area contributed by atoms with E-state index in [4.69, 9.17) is 0 Å². The minimum atomic E-state index is -4.68. The monoisotopic (exact) mass is 542 g/mol. The molecule has 0 aliphatic carbocycles. The van der Waals surface area contributed by atoms with Gasteiger partial charge in [0.2, 0.25) is 9.84 Å². The zero-order valence-electron chi connectivity index (χ0n) is 19.4. The lowest BCUT2D eigenvalue weighted by molar-refractivity contribution is 0.522. The Balaban J connectivity index is 2.38. The van der Waals surface area contributed by atoms with Gasteiger partial charge in [-0.3, -0.25) is 0 Å². The molecule has 3 rings (SSSR count). The molecule has 0 amide bonds. The molecule has 0 unspecified atom stereocenters. The zero-order chi connectivity index (χ0) is 26.5. The molecule has 0 fully saturated rings. The quantitative estimate of drug-likeness (QED) is 0.246. The predicted octanol–water partition coefficient (Wildman–Crippen LogP) is 5.13. The van der Waals surface area contributed by atoms with E-state index in [0.717, 1.165) is 0 Å². The molecule has 0 aromatic heterocycles. The second kappa shape index (κ2) is 10.8. The van der Waals surface area contributed by atoms with E-state index in [2.05, 4.69) is 18.9 Å². The van der Waals surface area contributed by atoms with Crippen LogP contribution < -0.4 is 0 Å². The summed E-state index contributed by atoms with van der Waals surface area (Å²) in [6.45, 7) is 7.10. The number of allylic oxidation sites excluding steroid dienone is 2. The van der Waals surface area contributed by atoms with Crippen molar-refractivity contribution in [2.75, 3.05) is 0 Å². The highest BCUT2D eigenvalue weighted by Crippen LogP contribution is 2.45. The fourth-order valence-electron chi connectivity index (χ4n) is 3.88. The molecule has 3 aromatic carbocycles. The molecule has 0 saturated carbocycles. The van der Waals surface area contributed by atoms with Crippen LogP contribution in [0.2, 0.25) is 0 Å². The second-order valence-electron chi connectivity index (χ2n) is 7.96. The van der Waals surface area contributed by atoms with Crippen molar-refractivity contribution in [3.63, 3.8) is 0 Å². The molecule has 0 aliphatic rings.